The van der Waals surface area contributed by atoms with Crippen molar-refractivity contribution in [3.8, 4) is 0 Å². The van der Waals surface area contributed by atoms with Gasteiger partial charge >= 0.3 is 5.97 Å². The van der Waals surface area contributed by atoms with Gasteiger partial charge in [-0.25, -0.2) is 9.78 Å². The Balaban J connectivity index is 2.12. The van der Waals surface area contributed by atoms with Crippen LogP contribution in [-0.4, -0.2) is 35.3 Å². The lowest BCUT2D eigenvalue weighted by Gasteiger charge is -2.21. The van der Waals surface area contributed by atoms with Crippen LogP contribution in [0, 0.1) is 0 Å². The average Bonchev–Trinajstić information content (AvgIpc) is 2.78. The van der Waals surface area contributed by atoms with Gasteiger partial charge < -0.3 is 20.9 Å². The lowest BCUT2D eigenvalue weighted by molar-refractivity contribution is 0.0696. The largest absolute Gasteiger partial charge is 0.478 e. The lowest BCUT2D eigenvalue weighted by atomic mass is 10.2. The molecule has 0 aromatic carbocycles. The minimum absolute atomic E-state index is 0.0905. The van der Waals surface area contributed by atoms with Gasteiger partial charge in [0.2, 0.25) is 0 Å². The van der Waals surface area contributed by atoms with Crippen molar-refractivity contribution in [2.24, 2.45) is 0 Å². The molecule has 2 atom stereocenters. The summed E-state index contributed by atoms with van der Waals surface area (Å²) >= 11 is 0. The number of carboxylic acids is 1. The third kappa shape index (κ3) is 2.53. The van der Waals surface area contributed by atoms with Crippen LogP contribution in [0.5, 0.6) is 0 Å². The number of nitrogens with two attached hydrogens (primary N) is 1. The smallest absolute Gasteiger partial charge is 0.337 e. The van der Waals surface area contributed by atoms with Crippen LogP contribution < -0.4 is 11.1 Å². The number of aromatic nitrogens is 1. The Morgan fingerprint density at radius 3 is 3.00 bits per heavy atom. The topological polar surface area (TPSA) is 97.5 Å². The third-order valence-electron chi connectivity index (χ3n) is 3.24. The van der Waals surface area contributed by atoms with Gasteiger partial charge in [-0.05, 0) is 25.3 Å². The molecule has 0 bridgehead atoms. The molecule has 1 aromatic heterocycles. The average molecular weight is 251 g/mol. The monoisotopic (exact) mass is 251 g/mol. The van der Waals surface area contributed by atoms with Crippen LogP contribution in [0.4, 0.5) is 11.5 Å². The van der Waals surface area contributed by atoms with E-state index in [0.717, 1.165) is 19.3 Å². The Labute approximate surface area is 105 Å². The van der Waals surface area contributed by atoms with E-state index in [1.165, 1.54) is 12.3 Å². The number of hydrogen-bond acceptors (Lipinski definition) is 5. The zero-order valence-corrected chi connectivity index (χ0v) is 10.2. The highest BCUT2D eigenvalue weighted by molar-refractivity contribution is 5.89. The highest BCUT2D eigenvalue weighted by Gasteiger charge is 2.27. The first-order chi connectivity index (χ1) is 8.61. The van der Waals surface area contributed by atoms with Crippen LogP contribution in [-0.2, 0) is 4.74 Å². The highest BCUT2D eigenvalue weighted by atomic mass is 16.5. The first-order valence-electron chi connectivity index (χ1n) is 5.90. The summed E-state index contributed by atoms with van der Waals surface area (Å²) in [4.78, 5) is 14.8. The van der Waals surface area contributed by atoms with Gasteiger partial charge in [0.1, 0.15) is 5.82 Å². The number of methoxy groups -OCH3 is 1. The quantitative estimate of drug-likeness (QED) is 0.747. The van der Waals surface area contributed by atoms with Crippen molar-refractivity contribution in [1.82, 2.24) is 4.98 Å². The molecule has 6 nitrogen and oxygen atoms in total. The number of nitrogen functional groups attached to an aromatic ring is 1. The first kappa shape index (κ1) is 12.6. The molecular weight excluding hydrogens is 234 g/mol. The number of nitrogens with zero attached hydrogens (tertiary/aromatic N) is 1. The van der Waals surface area contributed by atoms with Crippen molar-refractivity contribution in [2.45, 2.75) is 31.4 Å². The van der Waals surface area contributed by atoms with Gasteiger partial charge in [0, 0.05) is 13.3 Å². The molecule has 0 saturated heterocycles. The number of rotatable bonds is 4. The molecule has 2 unspecified atom stereocenters. The molecule has 1 heterocycles. The fraction of sp³-hybridized carbons (Fsp3) is 0.500. The summed E-state index contributed by atoms with van der Waals surface area (Å²) in [7, 11) is 1.69. The van der Waals surface area contributed by atoms with Crippen LogP contribution in [0.3, 0.4) is 0 Å². The van der Waals surface area contributed by atoms with E-state index in [4.69, 9.17) is 15.6 Å². The van der Waals surface area contributed by atoms with Crippen molar-refractivity contribution in [1.29, 1.82) is 0 Å². The molecule has 18 heavy (non-hydrogen) atoms. The molecular formula is C12H17N3O3. The predicted molar refractivity (Wildman–Crippen MR) is 67.7 cm³/mol. The Hall–Kier alpha value is -1.82. The summed E-state index contributed by atoms with van der Waals surface area (Å²) in [6, 6.07) is 1.59. The Kier molecular flexibility index (Phi) is 3.66. The fourth-order valence-corrected chi connectivity index (χ4v) is 2.27. The van der Waals surface area contributed by atoms with E-state index in [0.29, 0.717) is 11.5 Å². The summed E-state index contributed by atoms with van der Waals surface area (Å²) in [5, 5.41) is 12.1. The summed E-state index contributed by atoms with van der Waals surface area (Å²) < 4.78 is 5.37. The maximum Gasteiger partial charge on any atom is 0.337 e. The van der Waals surface area contributed by atoms with Crippen molar-refractivity contribution in [3.63, 3.8) is 0 Å². The fourth-order valence-electron chi connectivity index (χ4n) is 2.27. The summed E-state index contributed by atoms with van der Waals surface area (Å²) in [6.07, 6.45) is 4.58. The first-order valence-corrected chi connectivity index (χ1v) is 5.90. The predicted octanol–water partition coefficient (Wildman–Crippen LogP) is 1.34. The number of aromatic carboxylic acids is 1. The molecule has 0 aliphatic heterocycles. The number of ether oxygens (including phenoxy) is 1. The standard InChI is InChI=1S/C12H17N3O3/c1-18-10-4-2-3-9(10)15-11-8(13)5-7(6-14-11)12(16)17/h5-6,9-10H,2-4,13H2,1H3,(H,14,15)(H,16,17). The number of nitrogens with one attached hydrogen (secondary N) is 1. The molecule has 2 rings (SSSR count). The Morgan fingerprint density at radius 1 is 1.61 bits per heavy atom. The van der Waals surface area contributed by atoms with Crippen LogP contribution in [0.15, 0.2) is 12.3 Å². The second-order valence-corrected chi connectivity index (χ2v) is 4.42. The van der Waals surface area contributed by atoms with Gasteiger partial charge in [0.05, 0.1) is 23.4 Å². The lowest BCUT2D eigenvalue weighted by Crippen LogP contribution is -2.30. The van der Waals surface area contributed by atoms with Crippen LogP contribution in [0.2, 0.25) is 0 Å². The van der Waals surface area contributed by atoms with Crippen molar-refractivity contribution in [3.05, 3.63) is 17.8 Å². The molecule has 0 radical (unpaired) electrons. The molecule has 1 aliphatic carbocycles. The molecule has 1 aliphatic rings. The van der Waals surface area contributed by atoms with Gasteiger partial charge in [-0.15, -0.1) is 0 Å². The van der Waals surface area contributed by atoms with Gasteiger partial charge in [-0.3, -0.25) is 0 Å². The van der Waals surface area contributed by atoms with E-state index < -0.39 is 5.97 Å². The van der Waals surface area contributed by atoms with E-state index >= 15 is 0 Å². The second-order valence-electron chi connectivity index (χ2n) is 4.42. The van der Waals surface area contributed by atoms with Crippen molar-refractivity contribution < 1.29 is 14.6 Å². The minimum Gasteiger partial charge on any atom is -0.478 e. The molecule has 1 saturated carbocycles. The van der Waals surface area contributed by atoms with Gasteiger partial charge in [-0.1, -0.05) is 0 Å². The number of carbonyl (C=O) groups is 1. The summed E-state index contributed by atoms with van der Waals surface area (Å²) in [6.45, 7) is 0. The van der Waals surface area contributed by atoms with E-state index in [1.807, 2.05) is 0 Å². The molecule has 0 amide bonds. The number of carboxylic acid groups (broad SMARTS) is 1. The van der Waals surface area contributed by atoms with Gasteiger partial charge in [0.25, 0.3) is 0 Å². The van der Waals surface area contributed by atoms with E-state index in [9.17, 15) is 4.79 Å². The van der Waals surface area contributed by atoms with Crippen LogP contribution in [0.1, 0.15) is 29.6 Å². The summed E-state index contributed by atoms with van der Waals surface area (Å²) in [5.41, 5.74) is 6.23. The summed E-state index contributed by atoms with van der Waals surface area (Å²) in [5.74, 6) is -0.509. The minimum atomic E-state index is -1.03. The van der Waals surface area contributed by atoms with Crippen molar-refractivity contribution >= 4 is 17.5 Å². The Bertz CT molecular complexity index is 450. The normalized spacial score (nSPS) is 22.9. The molecule has 98 valence electrons. The number of pyridine rings is 1. The van der Waals surface area contributed by atoms with Gasteiger partial charge in [-0.2, -0.15) is 0 Å². The zero-order valence-electron chi connectivity index (χ0n) is 10.2. The Morgan fingerprint density at radius 2 is 2.39 bits per heavy atom. The van der Waals surface area contributed by atoms with Crippen molar-refractivity contribution in [2.75, 3.05) is 18.2 Å². The van der Waals surface area contributed by atoms with E-state index in [2.05, 4.69) is 10.3 Å². The zero-order chi connectivity index (χ0) is 13.1. The van der Waals surface area contributed by atoms with Crippen LogP contribution >= 0.6 is 0 Å². The molecule has 4 N–H and O–H groups in total. The number of anilines is 2. The number of hydrogen-bond donors (Lipinski definition) is 3. The second kappa shape index (κ2) is 5.22. The molecule has 1 fully saturated rings. The third-order valence-corrected chi connectivity index (χ3v) is 3.24. The molecule has 6 heteroatoms. The van der Waals surface area contributed by atoms with E-state index in [-0.39, 0.29) is 17.7 Å². The van der Waals surface area contributed by atoms with Gasteiger partial charge in [0.15, 0.2) is 0 Å². The molecule has 0 spiro atoms. The maximum absolute atomic E-state index is 10.8. The maximum atomic E-state index is 10.8. The highest BCUT2D eigenvalue weighted by Crippen LogP contribution is 2.26. The van der Waals surface area contributed by atoms with Crippen LogP contribution in [0.25, 0.3) is 0 Å². The van der Waals surface area contributed by atoms with E-state index in [1.54, 1.807) is 7.11 Å². The molecule has 1 aromatic rings. The SMILES string of the molecule is COC1CCCC1Nc1ncc(C(=O)O)cc1N.